The number of nitrogens with one attached hydrogen (secondary N) is 2. The molecule has 0 aliphatic carbocycles. The molecule has 2 atom stereocenters. The van der Waals surface area contributed by atoms with Crippen molar-refractivity contribution in [1.82, 2.24) is 15.5 Å². The van der Waals surface area contributed by atoms with E-state index in [1.807, 2.05) is 44.4 Å². The number of hydrogen-bond donors (Lipinski definition) is 2. The molecule has 2 unspecified atom stereocenters. The van der Waals surface area contributed by atoms with E-state index in [0.29, 0.717) is 18.5 Å². The maximum Gasteiger partial charge on any atom is 0.191 e. The van der Waals surface area contributed by atoms with Crippen molar-refractivity contribution >= 4 is 17.3 Å². The lowest BCUT2D eigenvalue weighted by atomic mass is 9.88. The molecule has 3 rings (SSSR count). The predicted molar refractivity (Wildman–Crippen MR) is 123 cm³/mol. The second-order valence-electron chi connectivity index (χ2n) is 7.96. The van der Waals surface area contributed by atoms with E-state index in [4.69, 9.17) is 4.74 Å². The molecule has 2 heterocycles. The minimum absolute atomic E-state index is 0.178. The van der Waals surface area contributed by atoms with Crippen molar-refractivity contribution in [2.24, 2.45) is 10.9 Å². The van der Waals surface area contributed by atoms with Crippen LogP contribution in [0.3, 0.4) is 0 Å². The molecule has 29 heavy (non-hydrogen) atoms. The number of piperidine rings is 1. The summed E-state index contributed by atoms with van der Waals surface area (Å²) in [4.78, 5) is 8.38. The van der Waals surface area contributed by atoms with E-state index >= 15 is 0 Å². The van der Waals surface area contributed by atoms with Crippen LogP contribution in [0.25, 0.3) is 0 Å². The van der Waals surface area contributed by atoms with Gasteiger partial charge in [-0.2, -0.15) is 0 Å². The van der Waals surface area contributed by atoms with E-state index in [1.54, 1.807) is 0 Å². The van der Waals surface area contributed by atoms with Gasteiger partial charge >= 0.3 is 0 Å². The lowest BCUT2D eigenvalue weighted by molar-refractivity contribution is 0.125. The lowest BCUT2D eigenvalue weighted by Crippen LogP contribution is -2.44. The Kier molecular flexibility index (Phi) is 7.95. The fourth-order valence-corrected chi connectivity index (χ4v) is 5.00. The molecule has 158 valence electrons. The summed E-state index contributed by atoms with van der Waals surface area (Å²) in [6.45, 7) is 6.89. The summed E-state index contributed by atoms with van der Waals surface area (Å²) < 4.78 is 5.79. The van der Waals surface area contributed by atoms with Crippen LogP contribution in [0.4, 0.5) is 0 Å². The molecule has 5 nitrogen and oxygen atoms in total. The quantitative estimate of drug-likeness (QED) is 0.524. The normalized spacial score (nSPS) is 20.7. The third-order valence-corrected chi connectivity index (χ3v) is 6.27. The number of nitrogens with zero attached hydrogens (tertiary/aromatic N) is 2. The largest absolute Gasteiger partial charge is 0.491 e. The Morgan fingerprint density at radius 3 is 2.86 bits per heavy atom. The van der Waals surface area contributed by atoms with Gasteiger partial charge in [0.05, 0.1) is 6.10 Å². The van der Waals surface area contributed by atoms with E-state index in [1.165, 1.54) is 29.8 Å². The van der Waals surface area contributed by atoms with Gasteiger partial charge in [0.15, 0.2) is 5.96 Å². The summed E-state index contributed by atoms with van der Waals surface area (Å²) >= 11 is 1.86. The summed E-state index contributed by atoms with van der Waals surface area (Å²) in [5, 5.41) is 9.17. The summed E-state index contributed by atoms with van der Waals surface area (Å²) in [6, 6.07) is 13.1. The van der Waals surface area contributed by atoms with Gasteiger partial charge in [0.25, 0.3) is 0 Å². The molecule has 0 amide bonds. The Morgan fingerprint density at radius 1 is 1.28 bits per heavy atom. The van der Waals surface area contributed by atoms with Crippen LogP contribution in [0.2, 0.25) is 0 Å². The monoisotopic (exact) mass is 414 g/mol. The number of likely N-dealkylation sites (tertiary alicyclic amines) is 1. The molecule has 6 heteroatoms. The molecule has 2 aromatic rings. The molecular weight excluding hydrogens is 380 g/mol. The van der Waals surface area contributed by atoms with Gasteiger partial charge in [-0.1, -0.05) is 18.2 Å². The second kappa shape index (κ2) is 10.6. The van der Waals surface area contributed by atoms with Crippen molar-refractivity contribution in [3.63, 3.8) is 0 Å². The third-order valence-electron chi connectivity index (χ3n) is 5.33. The zero-order valence-corrected chi connectivity index (χ0v) is 18.8. The van der Waals surface area contributed by atoms with E-state index in [2.05, 4.69) is 57.2 Å². The Labute approximate surface area is 179 Å². The molecule has 1 saturated heterocycles. The van der Waals surface area contributed by atoms with Gasteiger partial charge in [-0.05, 0) is 75.3 Å². The Balaban J connectivity index is 1.55. The second-order valence-corrected chi connectivity index (χ2v) is 8.94. The first-order valence-electron chi connectivity index (χ1n) is 10.5. The number of aliphatic imine (C=N–C) groups is 1. The van der Waals surface area contributed by atoms with Crippen molar-refractivity contribution in [3.05, 3.63) is 52.2 Å². The molecule has 1 aromatic heterocycles. The average Bonchev–Trinajstić information content (AvgIpc) is 3.22. The van der Waals surface area contributed by atoms with Crippen molar-refractivity contribution in [3.8, 4) is 5.75 Å². The molecule has 1 aliphatic rings. The predicted octanol–water partition coefficient (Wildman–Crippen LogP) is 4.28. The Hall–Kier alpha value is -2.05. The van der Waals surface area contributed by atoms with Crippen LogP contribution in [0, 0.1) is 5.92 Å². The minimum Gasteiger partial charge on any atom is -0.491 e. The summed E-state index contributed by atoms with van der Waals surface area (Å²) in [6.07, 6.45) is 2.67. The molecule has 0 radical (unpaired) electrons. The maximum atomic E-state index is 5.79. The van der Waals surface area contributed by atoms with Crippen molar-refractivity contribution in [2.45, 2.75) is 45.4 Å². The van der Waals surface area contributed by atoms with Gasteiger partial charge in [-0.25, -0.2) is 0 Å². The highest BCUT2D eigenvalue weighted by Crippen LogP contribution is 2.36. The van der Waals surface area contributed by atoms with E-state index in [0.717, 1.165) is 18.3 Å². The highest BCUT2D eigenvalue weighted by molar-refractivity contribution is 7.10. The Morgan fingerprint density at radius 2 is 2.14 bits per heavy atom. The highest BCUT2D eigenvalue weighted by Gasteiger charge is 2.31. The van der Waals surface area contributed by atoms with E-state index in [9.17, 15) is 0 Å². The average molecular weight is 415 g/mol. The molecule has 0 spiro atoms. The number of benzene rings is 1. The molecular formula is C23H34N4OS. The van der Waals surface area contributed by atoms with E-state index < -0.39 is 0 Å². The zero-order valence-electron chi connectivity index (χ0n) is 18.0. The molecule has 2 N–H and O–H groups in total. The van der Waals surface area contributed by atoms with Crippen molar-refractivity contribution in [1.29, 1.82) is 0 Å². The molecule has 1 aliphatic heterocycles. The lowest BCUT2D eigenvalue weighted by Gasteiger charge is -2.39. The highest BCUT2D eigenvalue weighted by atomic mass is 32.1. The van der Waals surface area contributed by atoms with Crippen molar-refractivity contribution in [2.75, 3.05) is 27.2 Å². The maximum absolute atomic E-state index is 5.79. The van der Waals surface area contributed by atoms with Crippen LogP contribution >= 0.6 is 11.3 Å². The molecule has 1 aromatic carbocycles. The smallest absolute Gasteiger partial charge is 0.191 e. The zero-order chi connectivity index (χ0) is 20.6. The summed E-state index contributed by atoms with van der Waals surface area (Å²) in [5.74, 6) is 2.33. The van der Waals surface area contributed by atoms with Gasteiger partial charge < -0.3 is 15.4 Å². The van der Waals surface area contributed by atoms with Gasteiger partial charge in [-0.3, -0.25) is 9.89 Å². The third kappa shape index (κ3) is 6.21. The number of guanidine groups is 1. The molecule has 0 bridgehead atoms. The first kappa shape index (κ1) is 21.7. The van der Waals surface area contributed by atoms with Crippen LogP contribution in [-0.4, -0.2) is 44.1 Å². The number of ether oxygens (including phenoxy) is 1. The summed E-state index contributed by atoms with van der Waals surface area (Å²) in [7, 11) is 4.08. The summed E-state index contributed by atoms with van der Waals surface area (Å²) in [5.41, 5.74) is 1.18. The van der Waals surface area contributed by atoms with Crippen LogP contribution in [0.15, 0.2) is 46.8 Å². The fourth-order valence-electron chi connectivity index (χ4n) is 4.02. The van der Waals surface area contributed by atoms with Crippen LogP contribution in [-0.2, 0) is 6.54 Å². The topological polar surface area (TPSA) is 48.9 Å². The van der Waals surface area contributed by atoms with Crippen LogP contribution < -0.4 is 15.4 Å². The Bertz CT molecular complexity index is 775. The minimum atomic E-state index is 0.178. The van der Waals surface area contributed by atoms with Crippen LogP contribution in [0.5, 0.6) is 5.75 Å². The standard InChI is InChI=1S/C23H34N4OS/c1-17(2)28-20-10-5-8-18(14-20)15-25-23(24-3)26-16-19-9-6-12-27(4)22(19)21-11-7-13-29-21/h5,7-8,10-11,13-14,17,19,22H,6,9,12,15-16H2,1-4H3,(H2,24,25,26). The molecule has 1 fully saturated rings. The number of hydrogen-bond acceptors (Lipinski definition) is 4. The number of thiophene rings is 1. The van der Waals surface area contributed by atoms with Crippen LogP contribution in [0.1, 0.15) is 43.2 Å². The van der Waals surface area contributed by atoms with Gasteiger partial charge in [0.1, 0.15) is 5.75 Å². The van der Waals surface area contributed by atoms with Gasteiger partial charge in [0.2, 0.25) is 0 Å². The van der Waals surface area contributed by atoms with E-state index in [-0.39, 0.29) is 6.10 Å². The number of rotatable bonds is 7. The van der Waals surface area contributed by atoms with Crippen molar-refractivity contribution < 1.29 is 4.74 Å². The SMILES string of the molecule is CN=C(NCc1cccc(OC(C)C)c1)NCC1CCCN(C)C1c1cccs1. The van der Waals surface area contributed by atoms with Gasteiger partial charge in [0, 0.05) is 31.1 Å². The first-order valence-corrected chi connectivity index (χ1v) is 11.4. The van der Waals surface area contributed by atoms with Gasteiger partial charge in [-0.15, -0.1) is 11.3 Å². The first-order chi connectivity index (χ1) is 14.1. The fraction of sp³-hybridized carbons (Fsp3) is 0.522. The molecule has 0 saturated carbocycles.